The highest BCUT2D eigenvalue weighted by Crippen LogP contribution is 2.28. The molecule has 32 heavy (non-hydrogen) atoms. The highest BCUT2D eigenvalue weighted by molar-refractivity contribution is 5.85. The van der Waals surface area contributed by atoms with Crippen LogP contribution in [0.25, 0.3) is 33.7 Å². The van der Waals surface area contributed by atoms with Crippen LogP contribution in [0.5, 0.6) is 0 Å². The second kappa shape index (κ2) is 7.45. The van der Waals surface area contributed by atoms with Crippen molar-refractivity contribution in [3.05, 3.63) is 70.5 Å². The van der Waals surface area contributed by atoms with Crippen LogP contribution < -0.4 is 10.9 Å². The van der Waals surface area contributed by atoms with Crippen LogP contribution in [-0.2, 0) is 14.1 Å². The molecular weight excluding hydrogens is 406 g/mol. The van der Waals surface area contributed by atoms with Crippen LogP contribution in [0.15, 0.2) is 58.2 Å². The Kier molecular flexibility index (Phi) is 4.58. The van der Waals surface area contributed by atoms with Crippen molar-refractivity contribution in [3.8, 4) is 22.8 Å². The average molecular weight is 427 g/mol. The molecule has 1 N–H and O–H groups in total. The quantitative estimate of drug-likeness (QED) is 0.466. The number of hydrogen-bond acceptors (Lipinski definition) is 7. The Labute approximate surface area is 183 Å². The summed E-state index contributed by atoms with van der Waals surface area (Å²) in [6.07, 6.45) is 5.27. The highest BCUT2D eigenvalue weighted by Gasteiger charge is 2.15. The van der Waals surface area contributed by atoms with Gasteiger partial charge in [-0.05, 0) is 54.4 Å². The van der Waals surface area contributed by atoms with Gasteiger partial charge in [0.05, 0.1) is 5.52 Å². The van der Waals surface area contributed by atoms with E-state index in [-0.39, 0.29) is 5.56 Å². The van der Waals surface area contributed by atoms with Crippen molar-refractivity contribution in [2.24, 2.45) is 14.1 Å². The van der Waals surface area contributed by atoms with Crippen LogP contribution in [-0.4, -0.2) is 29.2 Å². The molecule has 0 aliphatic heterocycles. The molecule has 0 radical (unpaired) electrons. The van der Waals surface area contributed by atoms with Gasteiger partial charge in [0.15, 0.2) is 5.82 Å². The smallest absolute Gasteiger partial charge is 0.295 e. The first-order valence-electron chi connectivity index (χ1n) is 10.1. The maximum atomic E-state index is 13.2. The summed E-state index contributed by atoms with van der Waals surface area (Å²) in [6.45, 7) is 3.89. The molecule has 4 heterocycles. The minimum atomic E-state index is -0.0695. The number of nitrogens with zero attached hydrogens (tertiary/aromatic N) is 6. The third kappa shape index (κ3) is 3.33. The fourth-order valence-electron chi connectivity index (χ4n) is 3.71. The minimum absolute atomic E-state index is 0.0695. The zero-order valence-electron chi connectivity index (χ0n) is 18.1. The normalized spacial score (nSPS) is 11.2. The molecule has 5 aromatic rings. The molecule has 160 valence electrons. The minimum Gasteiger partial charge on any atom is -0.330 e. The zero-order valence-corrected chi connectivity index (χ0v) is 18.1. The molecule has 0 fully saturated rings. The average Bonchev–Trinajstić information content (AvgIpc) is 3.41. The lowest BCUT2D eigenvalue weighted by Gasteiger charge is -2.12. The molecule has 0 spiro atoms. The van der Waals surface area contributed by atoms with Crippen molar-refractivity contribution in [1.82, 2.24) is 29.2 Å². The largest absolute Gasteiger partial charge is 0.330 e. The first kappa shape index (κ1) is 19.7. The van der Waals surface area contributed by atoms with Gasteiger partial charge in [-0.25, -0.2) is 4.98 Å². The molecule has 0 aliphatic carbocycles. The number of benzene rings is 1. The summed E-state index contributed by atoms with van der Waals surface area (Å²) in [7, 11) is 3.64. The molecule has 1 aromatic carbocycles. The van der Waals surface area contributed by atoms with Crippen molar-refractivity contribution in [1.29, 1.82) is 0 Å². The molecule has 5 rings (SSSR count). The van der Waals surface area contributed by atoms with Crippen LogP contribution in [0, 0.1) is 13.8 Å². The summed E-state index contributed by atoms with van der Waals surface area (Å²) < 4.78 is 8.79. The van der Waals surface area contributed by atoms with Crippen LogP contribution in [0.4, 0.5) is 11.6 Å². The monoisotopic (exact) mass is 427 g/mol. The van der Waals surface area contributed by atoms with Crippen molar-refractivity contribution in [3.63, 3.8) is 0 Å². The Morgan fingerprint density at radius 1 is 1.03 bits per heavy atom. The Balaban J connectivity index is 1.53. The highest BCUT2D eigenvalue weighted by atomic mass is 16.5. The second-order valence-corrected chi connectivity index (χ2v) is 7.75. The van der Waals surface area contributed by atoms with E-state index in [0.717, 1.165) is 33.4 Å². The molecule has 4 aromatic heterocycles. The van der Waals surface area contributed by atoms with Crippen LogP contribution in [0.1, 0.15) is 11.3 Å². The van der Waals surface area contributed by atoms with Gasteiger partial charge in [0, 0.05) is 55.0 Å². The predicted octanol–water partition coefficient (Wildman–Crippen LogP) is 3.74. The van der Waals surface area contributed by atoms with Crippen molar-refractivity contribution >= 4 is 22.5 Å². The van der Waals surface area contributed by atoms with Gasteiger partial charge < -0.3 is 19.0 Å². The summed E-state index contributed by atoms with van der Waals surface area (Å²) >= 11 is 0. The van der Waals surface area contributed by atoms with E-state index in [4.69, 9.17) is 4.52 Å². The summed E-state index contributed by atoms with van der Waals surface area (Å²) in [5, 5.41) is 8.04. The fourth-order valence-corrected chi connectivity index (χ4v) is 3.71. The number of hydrogen-bond donors (Lipinski definition) is 1. The van der Waals surface area contributed by atoms with E-state index in [1.165, 1.54) is 0 Å². The number of rotatable bonds is 4. The topological polar surface area (TPSA) is 104 Å². The van der Waals surface area contributed by atoms with Crippen molar-refractivity contribution in [2.75, 3.05) is 5.32 Å². The Hall–Kier alpha value is -4.27. The van der Waals surface area contributed by atoms with E-state index >= 15 is 0 Å². The molecule has 0 amide bonds. The molecule has 0 saturated heterocycles. The molecule has 0 atom stereocenters. The SMILES string of the molecule is Cc1cc2c(cn1)cc(-c1cc(Nc3noc(-c4nccn4C)n3)ccc1C)c(=O)n2C. The van der Waals surface area contributed by atoms with Crippen LogP contribution in [0.2, 0.25) is 0 Å². The number of nitrogens with one attached hydrogen (secondary N) is 1. The number of imidazole rings is 1. The number of anilines is 2. The standard InChI is InChI=1S/C23H21N7O2/c1-13-5-6-16(26-23-27-21(32-28-23)20-24-7-8-29(20)3)11-17(13)18-10-15-12-25-14(2)9-19(15)30(4)22(18)31/h5-12H,1-4H3,(H,26,28). The van der Waals surface area contributed by atoms with Gasteiger partial charge in [-0.3, -0.25) is 9.78 Å². The first-order chi connectivity index (χ1) is 15.4. The molecule has 0 unspecified atom stereocenters. The molecule has 0 bridgehead atoms. The molecule has 9 heteroatoms. The molecule has 0 aliphatic rings. The van der Waals surface area contributed by atoms with E-state index in [9.17, 15) is 4.79 Å². The Morgan fingerprint density at radius 3 is 2.66 bits per heavy atom. The summed E-state index contributed by atoms with van der Waals surface area (Å²) in [5.74, 6) is 1.21. The zero-order chi connectivity index (χ0) is 22.4. The second-order valence-electron chi connectivity index (χ2n) is 7.75. The van der Waals surface area contributed by atoms with E-state index < -0.39 is 0 Å². The molecule has 9 nitrogen and oxygen atoms in total. The summed E-state index contributed by atoms with van der Waals surface area (Å²) in [5.41, 5.74) is 4.80. The Bertz CT molecular complexity index is 1530. The number of aryl methyl sites for hydroxylation is 4. The van der Waals surface area contributed by atoms with Gasteiger partial charge in [0.1, 0.15) is 0 Å². The number of fused-ring (bicyclic) bond motifs is 1. The summed E-state index contributed by atoms with van der Waals surface area (Å²) in [6, 6.07) is 9.58. The maximum Gasteiger partial charge on any atom is 0.295 e. The number of aromatic nitrogens is 6. The molecule has 0 saturated carbocycles. The fraction of sp³-hybridized carbons (Fsp3) is 0.174. The van der Waals surface area contributed by atoms with Crippen molar-refractivity contribution < 1.29 is 4.52 Å². The lowest BCUT2D eigenvalue weighted by atomic mass is 9.99. The van der Waals surface area contributed by atoms with Gasteiger partial charge in [-0.2, -0.15) is 4.98 Å². The van der Waals surface area contributed by atoms with Crippen LogP contribution in [0.3, 0.4) is 0 Å². The van der Waals surface area contributed by atoms with Gasteiger partial charge in [-0.1, -0.05) is 6.07 Å². The lowest BCUT2D eigenvalue weighted by Crippen LogP contribution is -2.19. The van der Waals surface area contributed by atoms with Gasteiger partial charge in [-0.15, -0.1) is 0 Å². The van der Waals surface area contributed by atoms with E-state index in [1.54, 1.807) is 34.8 Å². The predicted molar refractivity (Wildman–Crippen MR) is 122 cm³/mol. The first-order valence-corrected chi connectivity index (χ1v) is 10.1. The summed E-state index contributed by atoms with van der Waals surface area (Å²) in [4.78, 5) is 26.1. The van der Waals surface area contributed by atoms with Gasteiger partial charge >= 0.3 is 0 Å². The van der Waals surface area contributed by atoms with Gasteiger partial charge in [0.25, 0.3) is 17.4 Å². The molecular formula is C23H21N7O2. The van der Waals surface area contributed by atoms with Crippen LogP contribution >= 0.6 is 0 Å². The van der Waals surface area contributed by atoms with Gasteiger partial charge in [0.2, 0.25) is 0 Å². The van der Waals surface area contributed by atoms with Crippen molar-refractivity contribution in [2.45, 2.75) is 13.8 Å². The van der Waals surface area contributed by atoms with E-state index in [1.807, 2.05) is 51.2 Å². The third-order valence-corrected chi connectivity index (χ3v) is 5.47. The number of pyridine rings is 2. The Morgan fingerprint density at radius 2 is 1.88 bits per heavy atom. The van der Waals surface area contributed by atoms with E-state index in [2.05, 4.69) is 25.4 Å². The third-order valence-electron chi connectivity index (χ3n) is 5.47. The lowest BCUT2D eigenvalue weighted by molar-refractivity contribution is 0.428. The van der Waals surface area contributed by atoms with E-state index in [0.29, 0.717) is 23.2 Å². The maximum absolute atomic E-state index is 13.2.